The number of likely N-dealkylation sites (N-methyl/N-ethyl adjacent to an activating group) is 1. The first kappa shape index (κ1) is 15.3. The maximum atomic E-state index is 12.0. The van der Waals surface area contributed by atoms with Crippen LogP contribution in [0.3, 0.4) is 0 Å². The molecule has 0 saturated carbocycles. The molecule has 1 aromatic rings. The van der Waals surface area contributed by atoms with E-state index >= 15 is 0 Å². The molecular formula is C15H20N2O4. The zero-order valence-corrected chi connectivity index (χ0v) is 12.1. The van der Waals surface area contributed by atoms with Crippen LogP contribution >= 0.6 is 0 Å². The van der Waals surface area contributed by atoms with Gasteiger partial charge in [-0.1, -0.05) is 12.1 Å². The Hall–Kier alpha value is -2.08. The quantitative estimate of drug-likeness (QED) is 0.909. The van der Waals surface area contributed by atoms with Gasteiger partial charge in [-0.25, -0.2) is 4.79 Å². The van der Waals surface area contributed by atoms with Crippen LogP contribution in [0.4, 0.5) is 4.79 Å². The molecule has 1 fully saturated rings. The summed E-state index contributed by atoms with van der Waals surface area (Å²) in [6.07, 6.45) is 0.240. The van der Waals surface area contributed by atoms with Crippen LogP contribution < -0.4 is 4.74 Å². The monoisotopic (exact) mass is 292 g/mol. The van der Waals surface area contributed by atoms with Crippen molar-refractivity contribution in [2.45, 2.75) is 12.8 Å². The van der Waals surface area contributed by atoms with Crippen molar-refractivity contribution in [1.82, 2.24) is 9.80 Å². The highest BCUT2D eigenvalue weighted by Gasteiger charge is 2.20. The lowest BCUT2D eigenvalue weighted by molar-refractivity contribution is -0.136. The molecule has 1 aliphatic heterocycles. The SMILES string of the molecule is CN1CCN(C(=O)Oc2ccc(CCC(=O)O)cc2)CC1. The Morgan fingerprint density at radius 2 is 1.76 bits per heavy atom. The van der Waals surface area contributed by atoms with Crippen molar-refractivity contribution in [1.29, 1.82) is 0 Å². The number of hydrogen-bond acceptors (Lipinski definition) is 4. The highest BCUT2D eigenvalue weighted by Crippen LogP contribution is 2.15. The van der Waals surface area contributed by atoms with Gasteiger partial charge in [0, 0.05) is 32.6 Å². The van der Waals surface area contributed by atoms with Crippen molar-refractivity contribution in [3.05, 3.63) is 29.8 Å². The molecule has 0 bridgehead atoms. The largest absolute Gasteiger partial charge is 0.481 e. The number of carbonyl (C=O) groups excluding carboxylic acids is 1. The fourth-order valence-electron chi connectivity index (χ4n) is 2.13. The van der Waals surface area contributed by atoms with E-state index in [1.165, 1.54) is 0 Å². The van der Waals surface area contributed by atoms with E-state index in [2.05, 4.69) is 4.90 Å². The van der Waals surface area contributed by atoms with Crippen molar-refractivity contribution < 1.29 is 19.4 Å². The van der Waals surface area contributed by atoms with Gasteiger partial charge in [0.25, 0.3) is 0 Å². The van der Waals surface area contributed by atoms with Crippen LogP contribution in [0.2, 0.25) is 0 Å². The minimum absolute atomic E-state index is 0.0976. The molecule has 0 radical (unpaired) electrons. The summed E-state index contributed by atoms with van der Waals surface area (Å²) in [6, 6.07) is 6.97. The van der Waals surface area contributed by atoms with Gasteiger partial charge in [0.1, 0.15) is 5.75 Å². The van der Waals surface area contributed by atoms with Crippen molar-refractivity contribution >= 4 is 12.1 Å². The second-order valence-electron chi connectivity index (χ2n) is 5.20. The van der Waals surface area contributed by atoms with Gasteiger partial charge in [-0.05, 0) is 31.2 Å². The fraction of sp³-hybridized carbons (Fsp3) is 0.467. The number of nitrogens with zero attached hydrogens (tertiary/aromatic N) is 2. The molecule has 0 spiro atoms. The standard InChI is InChI=1S/C15H20N2O4/c1-16-8-10-17(11-9-16)15(20)21-13-5-2-12(3-6-13)4-7-14(18)19/h2-3,5-6H,4,7-11H2,1H3,(H,18,19). The van der Waals surface area contributed by atoms with Crippen LogP contribution in [-0.2, 0) is 11.2 Å². The topological polar surface area (TPSA) is 70.1 Å². The van der Waals surface area contributed by atoms with E-state index in [9.17, 15) is 9.59 Å². The number of hydrogen-bond donors (Lipinski definition) is 1. The highest BCUT2D eigenvalue weighted by atomic mass is 16.6. The molecule has 1 heterocycles. The van der Waals surface area contributed by atoms with Gasteiger partial charge < -0.3 is 19.6 Å². The molecule has 1 N–H and O–H groups in total. The summed E-state index contributed by atoms with van der Waals surface area (Å²) in [5, 5.41) is 8.63. The maximum Gasteiger partial charge on any atom is 0.415 e. The second-order valence-corrected chi connectivity index (χ2v) is 5.20. The summed E-state index contributed by atoms with van der Waals surface area (Å²) in [7, 11) is 2.03. The number of carboxylic acids is 1. The lowest BCUT2D eigenvalue weighted by atomic mass is 10.1. The number of carbonyl (C=O) groups is 2. The van der Waals surface area contributed by atoms with Gasteiger partial charge in [-0.15, -0.1) is 0 Å². The number of ether oxygens (including phenoxy) is 1. The van der Waals surface area contributed by atoms with E-state index in [0.29, 0.717) is 25.3 Å². The third-order valence-electron chi connectivity index (χ3n) is 3.52. The highest BCUT2D eigenvalue weighted by molar-refractivity contribution is 5.71. The van der Waals surface area contributed by atoms with E-state index in [-0.39, 0.29) is 12.5 Å². The smallest absolute Gasteiger partial charge is 0.415 e. The first-order valence-corrected chi connectivity index (χ1v) is 7.00. The molecule has 1 aliphatic rings. The molecule has 6 nitrogen and oxygen atoms in total. The average molecular weight is 292 g/mol. The van der Waals surface area contributed by atoms with Crippen LogP contribution in [0.1, 0.15) is 12.0 Å². The predicted molar refractivity (Wildman–Crippen MR) is 77.5 cm³/mol. The number of carboxylic acid groups (broad SMARTS) is 1. The van der Waals surface area contributed by atoms with Crippen LogP contribution in [-0.4, -0.2) is 60.2 Å². The van der Waals surface area contributed by atoms with Crippen molar-refractivity contribution in [2.24, 2.45) is 0 Å². The van der Waals surface area contributed by atoms with Crippen molar-refractivity contribution in [2.75, 3.05) is 33.2 Å². The first-order chi connectivity index (χ1) is 10.0. The molecule has 1 aromatic carbocycles. The number of aryl methyl sites for hydroxylation is 1. The van der Waals surface area contributed by atoms with Gasteiger partial charge in [0.05, 0.1) is 0 Å². The van der Waals surface area contributed by atoms with E-state index in [1.54, 1.807) is 29.2 Å². The van der Waals surface area contributed by atoms with Gasteiger partial charge in [-0.3, -0.25) is 4.79 Å². The number of amides is 1. The second kappa shape index (κ2) is 7.08. The average Bonchev–Trinajstić information content (AvgIpc) is 2.47. The van der Waals surface area contributed by atoms with Crippen molar-refractivity contribution in [3.63, 3.8) is 0 Å². The predicted octanol–water partition coefficient (Wildman–Crippen LogP) is 1.45. The minimum atomic E-state index is -0.819. The van der Waals surface area contributed by atoms with E-state index in [1.807, 2.05) is 7.05 Å². The van der Waals surface area contributed by atoms with Crippen molar-refractivity contribution in [3.8, 4) is 5.75 Å². The summed E-state index contributed by atoms with van der Waals surface area (Å²) < 4.78 is 5.32. The molecule has 6 heteroatoms. The molecule has 1 amide bonds. The summed E-state index contributed by atoms with van der Waals surface area (Å²) in [4.78, 5) is 26.3. The summed E-state index contributed by atoms with van der Waals surface area (Å²) >= 11 is 0. The number of piperazine rings is 1. The van der Waals surface area contributed by atoms with E-state index < -0.39 is 5.97 Å². The van der Waals surface area contributed by atoms with Gasteiger partial charge in [0.2, 0.25) is 0 Å². The van der Waals surface area contributed by atoms with Crippen LogP contribution in [0.15, 0.2) is 24.3 Å². The number of aliphatic carboxylic acids is 1. The van der Waals surface area contributed by atoms with Gasteiger partial charge in [-0.2, -0.15) is 0 Å². The van der Waals surface area contributed by atoms with E-state index in [0.717, 1.165) is 18.7 Å². The molecule has 0 aliphatic carbocycles. The minimum Gasteiger partial charge on any atom is -0.481 e. The van der Waals surface area contributed by atoms with Crippen LogP contribution in [0.25, 0.3) is 0 Å². The molecule has 2 rings (SSSR count). The van der Waals surface area contributed by atoms with Crippen LogP contribution in [0.5, 0.6) is 5.75 Å². The third kappa shape index (κ3) is 4.75. The Morgan fingerprint density at radius 3 is 2.33 bits per heavy atom. The summed E-state index contributed by atoms with van der Waals surface area (Å²) in [5.41, 5.74) is 0.914. The Labute approximate surface area is 123 Å². The zero-order valence-electron chi connectivity index (χ0n) is 12.1. The molecule has 0 atom stereocenters. The molecule has 1 saturated heterocycles. The Kier molecular flexibility index (Phi) is 5.16. The Morgan fingerprint density at radius 1 is 1.14 bits per heavy atom. The molecule has 0 unspecified atom stereocenters. The Bertz CT molecular complexity index is 493. The lowest BCUT2D eigenvalue weighted by Gasteiger charge is -2.31. The molecule has 0 aromatic heterocycles. The molecule has 114 valence electrons. The Balaban J connectivity index is 1.85. The summed E-state index contributed by atoms with van der Waals surface area (Å²) in [6.45, 7) is 3.05. The van der Waals surface area contributed by atoms with E-state index in [4.69, 9.17) is 9.84 Å². The van der Waals surface area contributed by atoms with Gasteiger partial charge >= 0.3 is 12.1 Å². The number of rotatable bonds is 4. The van der Waals surface area contributed by atoms with Crippen LogP contribution in [0, 0.1) is 0 Å². The van der Waals surface area contributed by atoms with Gasteiger partial charge in [0.15, 0.2) is 0 Å². The maximum absolute atomic E-state index is 12.0. The first-order valence-electron chi connectivity index (χ1n) is 7.00. The normalized spacial score (nSPS) is 15.8. The molecular weight excluding hydrogens is 272 g/mol. The molecule has 21 heavy (non-hydrogen) atoms. The fourth-order valence-corrected chi connectivity index (χ4v) is 2.13. The third-order valence-corrected chi connectivity index (χ3v) is 3.52. The summed E-state index contributed by atoms with van der Waals surface area (Å²) in [5.74, 6) is -0.335. The lowest BCUT2D eigenvalue weighted by Crippen LogP contribution is -2.48. The zero-order chi connectivity index (χ0) is 15.2. The number of benzene rings is 1.